The van der Waals surface area contributed by atoms with Gasteiger partial charge in [-0.2, -0.15) is 0 Å². The van der Waals surface area contributed by atoms with Crippen LogP contribution in [0.15, 0.2) is 0 Å². The third-order valence-electron chi connectivity index (χ3n) is 3.76. The first-order valence-corrected chi connectivity index (χ1v) is 6.81. The lowest BCUT2D eigenvalue weighted by molar-refractivity contribution is -0.130. The van der Waals surface area contributed by atoms with E-state index in [2.05, 4.69) is 10.6 Å². The SMILES string of the molecule is CCCNC(=O)CCNC(=O)C1(C)CCCC1N. The van der Waals surface area contributed by atoms with Crippen LogP contribution < -0.4 is 16.4 Å². The molecule has 5 nitrogen and oxygen atoms in total. The van der Waals surface area contributed by atoms with Crippen LogP contribution in [0.5, 0.6) is 0 Å². The Labute approximate surface area is 109 Å². The fraction of sp³-hybridized carbons (Fsp3) is 0.846. The predicted molar refractivity (Wildman–Crippen MR) is 70.9 cm³/mol. The maximum atomic E-state index is 12.1. The second kappa shape index (κ2) is 6.73. The number of amides is 2. The average molecular weight is 255 g/mol. The summed E-state index contributed by atoms with van der Waals surface area (Å²) in [7, 11) is 0. The molecule has 104 valence electrons. The van der Waals surface area contributed by atoms with Gasteiger partial charge in [0, 0.05) is 25.6 Å². The van der Waals surface area contributed by atoms with Gasteiger partial charge in [-0.1, -0.05) is 13.3 Å². The van der Waals surface area contributed by atoms with Crippen LogP contribution in [0.4, 0.5) is 0 Å². The summed E-state index contributed by atoms with van der Waals surface area (Å²) in [6.45, 7) is 4.99. The molecule has 0 aliphatic heterocycles. The molecule has 0 bridgehead atoms. The average Bonchev–Trinajstić information content (AvgIpc) is 2.68. The highest BCUT2D eigenvalue weighted by Crippen LogP contribution is 2.36. The lowest BCUT2D eigenvalue weighted by Gasteiger charge is -2.27. The van der Waals surface area contributed by atoms with E-state index in [0.717, 1.165) is 25.7 Å². The number of nitrogens with two attached hydrogens (primary N) is 1. The van der Waals surface area contributed by atoms with Crippen molar-refractivity contribution in [3.63, 3.8) is 0 Å². The first-order valence-electron chi connectivity index (χ1n) is 6.81. The molecular formula is C13H25N3O2. The Morgan fingerprint density at radius 2 is 2.06 bits per heavy atom. The van der Waals surface area contributed by atoms with E-state index in [4.69, 9.17) is 5.73 Å². The van der Waals surface area contributed by atoms with E-state index in [9.17, 15) is 9.59 Å². The van der Waals surface area contributed by atoms with Crippen molar-refractivity contribution in [2.45, 2.75) is 52.0 Å². The maximum absolute atomic E-state index is 12.1. The van der Waals surface area contributed by atoms with Crippen LogP contribution in [0.25, 0.3) is 0 Å². The van der Waals surface area contributed by atoms with E-state index in [1.54, 1.807) is 0 Å². The summed E-state index contributed by atoms with van der Waals surface area (Å²) in [5.74, 6) is -0.0335. The smallest absolute Gasteiger partial charge is 0.227 e. The van der Waals surface area contributed by atoms with Crippen LogP contribution in [0.2, 0.25) is 0 Å². The maximum Gasteiger partial charge on any atom is 0.227 e. The molecular weight excluding hydrogens is 230 g/mol. The zero-order valence-electron chi connectivity index (χ0n) is 11.4. The molecule has 0 aromatic heterocycles. The molecule has 0 radical (unpaired) electrons. The fourth-order valence-electron chi connectivity index (χ4n) is 2.32. The van der Waals surface area contributed by atoms with Crippen LogP contribution in [-0.2, 0) is 9.59 Å². The van der Waals surface area contributed by atoms with Crippen LogP contribution in [0, 0.1) is 5.41 Å². The molecule has 18 heavy (non-hydrogen) atoms. The van der Waals surface area contributed by atoms with E-state index in [-0.39, 0.29) is 17.9 Å². The molecule has 1 rings (SSSR count). The van der Waals surface area contributed by atoms with Crippen LogP contribution in [0.3, 0.4) is 0 Å². The van der Waals surface area contributed by atoms with E-state index < -0.39 is 5.41 Å². The van der Waals surface area contributed by atoms with Gasteiger partial charge in [-0.3, -0.25) is 9.59 Å². The molecule has 0 aromatic rings. The molecule has 2 amide bonds. The molecule has 0 spiro atoms. The summed E-state index contributed by atoms with van der Waals surface area (Å²) in [6.07, 6.45) is 3.99. The van der Waals surface area contributed by atoms with Gasteiger partial charge in [0.1, 0.15) is 0 Å². The zero-order valence-corrected chi connectivity index (χ0v) is 11.4. The van der Waals surface area contributed by atoms with E-state index in [1.165, 1.54) is 0 Å². The molecule has 5 heteroatoms. The first kappa shape index (κ1) is 15.0. The van der Waals surface area contributed by atoms with Crippen molar-refractivity contribution in [3.05, 3.63) is 0 Å². The summed E-state index contributed by atoms with van der Waals surface area (Å²) in [4.78, 5) is 23.4. The minimum absolute atomic E-state index is 0.0157. The summed E-state index contributed by atoms with van der Waals surface area (Å²) < 4.78 is 0. The van der Waals surface area contributed by atoms with Gasteiger partial charge in [-0.05, 0) is 26.2 Å². The van der Waals surface area contributed by atoms with Crippen LogP contribution in [0.1, 0.15) is 46.0 Å². The second-order valence-corrected chi connectivity index (χ2v) is 5.27. The number of nitrogens with one attached hydrogen (secondary N) is 2. The fourth-order valence-corrected chi connectivity index (χ4v) is 2.32. The molecule has 0 heterocycles. The molecule has 1 fully saturated rings. The first-order chi connectivity index (χ1) is 8.50. The lowest BCUT2D eigenvalue weighted by Crippen LogP contribution is -2.48. The Kier molecular flexibility index (Phi) is 5.59. The number of rotatable bonds is 6. The lowest BCUT2D eigenvalue weighted by atomic mass is 9.84. The van der Waals surface area contributed by atoms with Gasteiger partial charge >= 0.3 is 0 Å². The van der Waals surface area contributed by atoms with E-state index in [1.807, 2.05) is 13.8 Å². The van der Waals surface area contributed by atoms with E-state index >= 15 is 0 Å². The molecule has 0 aromatic carbocycles. The van der Waals surface area contributed by atoms with Gasteiger partial charge in [0.25, 0.3) is 0 Å². The van der Waals surface area contributed by atoms with Crippen molar-refractivity contribution in [2.75, 3.05) is 13.1 Å². The number of hydrogen-bond donors (Lipinski definition) is 3. The molecule has 4 N–H and O–H groups in total. The Bertz CT molecular complexity index is 307. The van der Waals surface area contributed by atoms with Crippen molar-refractivity contribution in [3.8, 4) is 0 Å². The molecule has 2 atom stereocenters. The second-order valence-electron chi connectivity index (χ2n) is 5.27. The quantitative estimate of drug-likeness (QED) is 0.647. The van der Waals surface area contributed by atoms with Gasteiger partial charge in [0.05, 0.1) is 5.41 Å². The number of carbonyl (C=O) groups excluding carboxylic acids is 2. The highest BCUT2D eigenvalue weighted by atomic mass is 16.2. The normalized spacial score (nSPS) is 26.9. The van der Waals surface area contributed by atoms with Crippen molar-refractivity contribution in [2.24, 2.45) is 11.1 Å². The standard InChI is InChI=1S/C13H25N3O2/c1-3-8-15-11(17)6-9-16-12(18)13(2)7-4-5-10(13)14/h10H,3-9,14H2,1-2H3,(H,15,17)(H,16,18). The van der Waals surface area contributed by atoms with Crippen molar-refractivity contribution < 1.29 is 9.59 Å². The van der Waals surface area contributed by atoms with Gasteiger partial charge in [0.2, 0.25) is 11.8 Å². The van der Waals surface area contributed by atoms with Crippen molar-refractivity contribution >= 4 is 11.8 Å². The van der Waals surface area contributed by atoms with Crippen LogP contribution >= 0.6 is 0 Å². The summed E-state index contributed by atoms with van der Waals surface area (Å²) >= 11 is 0. The molecule has 0 saturated heterocycles. The minimum atomic E-state index is -0.458. The number of hydrogen-bond acceptors (Lipinski definition) is 3. The van der Waals surface area contributed by atoms with Crippen molar-refractivity contribution in [1.82, 2.24) is 10.6 Å². The Morgan fingerprint density at radius 3 is 2.61 bits per heavy atom. The largest absolute Gasteiger partial charge is 0.356 e. The Morgan fingerprint density at radius 1 is 1.33 bits per heavy atom. The highest BCUT2D eigenvalue weighted by molar-refractivity contribution is 5.84. The molecule has 1 aliphatic rings. The van der Waals surface area contributed by atoms with Gasteiger partial charge < -0.3 is 16.4 Å². The highest BCUT2D eigenvalue weighted by Gasteiger charge is 2.42. The third kappa shape index (κ3) is 3.70. The third-order valence-corrected chi connectivity index (χ3v) is 3.76. The predicted octanol–water partition coefficient (Wildman–Crippen LogP) is 0.536. The Balaban J connectivity index is 2.27. The van der Waals surface area contributed by atoms with E-state index in [0.29, 0.717) is 19.5 Å². The summed E-state index contributed by atoms with van der Waals surface area (Å²) in [5.41, 5.74) is 5.51. The summed E-state index contributed by atoms with van der Waals surface area (Å²) in [6, 6.07) is -0.0635. The Hall–Kier alpha value is -1.10. The topological polar surface area (TPSA) is 84.2 Å². The van der Waals surface area contributed by atoms with Crippen LogP contribution in [-0.4, -0.2) is 30.9 Å². The molecule has 1 aliphatic carbocycles. The monoisotopic (exact) mass is 255 g/mol. The number of carbonyl (C=O) groups is 2. The summed E-state index contributed by atoms with van der Waals surface area (Å²) in [5, 5.41) is 5.60. The van der Waals surface area contributed by atoms with Crippen molar-refractivity contribution in [1.29, 1.82) is 0 Å². The molecule has 1 saturated carbocycles. The minimum Gasteiger partial charge on any atom is -0.356 e. The van der Waals surface area contributed by atoms with Gasteiger partial charge in [-0.15, -0.1) is 0 Å². The zero-order chi connectivity index (χ0) is 13.6. The molecule has 2 unspecified atom stereocenters. The van der Waals surface area contributed by atoms with Gasteiger partial charge in [0.15, 0.2) is 0 Å². The van der Waals surface area contributed by atoms with Gasteiger partial charge in [-0.25, -0.2) is 0 Å².